The third kappa shape index (κ3) is 2.49. The Morgan fingerprint density at radius 2 is 1.75 bits per heavy atom. The summed E-state index contributed by atoms with van der Waals surface area (Å²) in [6, 6.07) is 17.2. The van der Waals surface area contributed by atoms with Crippen molar-refractivity contribution < 1.29 is 9.84 Å². The first kappa shape index (κ1) is 12.6. The van der Waals surface area contributed by atoms with E-state index in [1.807, 2.05) is 54.6 Å². The maximum absolute atomic E-state index is 9.49. The first-order valence-corrected chi connectivity index (χ1v) is 6.54. The number of benzene rings is 2. The van der Waals surface area contributed by atoms with E-state index < -0.39 is 6.10 Å². The molecule has 0 radical (unpaired) electrons. The molecule has 1 atom stereocenters. The highest BCUT2D eigenvalue weighted by Crippen LogP contribution is 2.28. The van der Waals surface area contributed by atoms with Crippen molar-refractivity contribution in [2.45, 2.75) is 13.0 Å². The van der Waals surface area contributed by atoms with Crippen molar-refractivity contribution in [3.8, 4) is 11.5 Å². The zero-order valence-electron chi connectivity index (χ0n) is 11.2. The zero-order valence-corrected chi connectivity index (χ0v) is 11.2. The van der Waals surface area contributed by atoms with E-state index in [1.165, 1.54) is 0 Å². The van der Waals surface area contributed by atoms with Gasteiger partial charge < -0.3 is 9.84 Å². The Morgan fingerprint density at radius 3 is 2.50 bits per heavy atom. The van der Waals surface area contributed by atoms with Crippen LogP contribution in [0.2, 0.25) is 0 Å². The molecule has 1 heterocycles. The van der Waals surface area contributed by atoms with Crippen LogP contribution in [0.5, 0.6) is 11.5 Å². The molecule has 0 aliphatic rings. The maximum Gasteiger partial charge on any atom is 0.153 e. The second kappa shape index (κ2) is 5.31. The Hall–Kier alpha value is -2.39. The van der Waals surface area contributed by atoms with Crippen molar-refractivity contribution >= 4 is 10.9 Å². The van der Waals surface area contributed by atoms with E-state index >= 15 is 0 Å². The van der Waals surface area contributed by atoms with Crippen LogP contribution in [0, 0.1) is 0 Å². The van der Waals surface area contributed by atoms with Crippen molar-refractivity contribution in [2.24, 2.45) is 0 Å². The van der Waals surface area contributed by atoms with Gasteiger partial charge in [-0.2, -0.15) is 0 Å². The molecule has 0 saturated heterocycles. The third-order valence-electron chi connectivity index (χ3n) is 3.19. The van der Waals surface area contributed by atoms with Gasteiger partial charge in [0.1, 0.15) is 11.3 Å². The smallest absolute Gasteiger partial charge is 0.153 e. The monoisotopic (exact) mass is 265 g/mol. The van der Waals surface area contributed by atoms with Gasteiger partial charge in [-0.25, -0.2) is 0 Å². The first-order chi connectivity index (χ1) is 9.74. The molecule has 0 bridgehead atoms. The van der Waals surface area contributed by atoms with Gasteiger partial charge in [-0.15, -0.1) is 0 Å². The lowest BCUT2D eigenvalue weighted by Crippen LogP contribution is -1.91. The van der Waals surface area contributed by atoms with E-state index in [9.17, 15) is 5.11 Å². The van der Waals surface area contributed by atoms with Crippen LogP contribution in [-0.4, -0.2) is 10.1 Å². The molecule has 3 nitrogen and oxygen atoms in total. The van der Waals surface area contributed by atoms with Gasteiger partial charge in [0.15, 0.2) is 5.75 Å². The molecule has 1 aromatic heterocycles. The molecule has 0 aliphatic carbocycles. The van der Waals surface area contributed by atoms with Crippen LogP contribution in [0.4, 0.5) is 0 Å². The summed E-state index contributed by atoms with van der Waals surface area (Å²) < 4.78 is 5.88. The van der Waals surface area contributed by atoms with Gasteiger partial charge in [0.2, 0.25) is 0 Å². The second-order valence-corrected chi connectivity index (χ2v) is 4.68. The summed E-state index contributed by atoms with van der Waals surface area (Å²) in [5, 5.41) is 10.5. The van der Waals surface area contributed by atoms with E-state index in [1.54, 1.807) is 13.1 Å². The van der Waals surface area contributed by atoms with Crippen LogP contribution in [0.1, 0.15) is 18.6 Å². The highest BCUT2D eigenvalue weighted by molar-refractivity contribution is 5.84. The van der Waals surface area contributed by atoms with Gasteiger partial charge >= 0.3 is 0 Å². The molecule has 0 amide bonds. The minimum absolute atomic E-state index is 0.469. The average Bonchev–Trinajstić information content (AvgIpc) is 2.48. The van der Waals surface area contributed by atoms with Crippen molar-refractivity contribution in [2.75, 3.05) is 0 Å². The summed E-state index contributed by atoms with van der Waals surface area (Å²) in [6.07, 6.45) is 1.29. The lowest BCUT2D eigenvalue weighted by molar-refractivity contribution is 0.199. The van der Waals surface area contributed by atoms with Gasteiger partial charge in [-0.05, 0) is 36.8 Å². The first-order valence-electron chi connectivity index (χ1n) is 6.54. The van der Waals surface area contributed by atoms with E-state index in [0.717, 1.165) is 28.0 Å². The molecule has 20 heavy (non-hydrogen) atoms. The minimum Gasteiger partial charge on any atom is -0.455 e. The van der Waals surface area contributed by atoms with Crippen LogP contribution in [-0.2, 0) is 0 Å². The molecule has 0 unspecified atom stereocenters. The molecule has 2 aromatic carbocycles. The molecule has 0 spiro atoms. The Kier molecular flexibility index (Phi) is 3.35. The van der Waals surface area contributed by atoms with Gasteiger partial charge in [0.05, 0.1) is 6.10 Å². The highest BCUT2D eigenvalue weighted by atomic mass is 16.5. The van der Waals surface area contributed by atoms with Gasteiger partial charge in [-0.3, -0.25) is 4.98 Å². The molecule has 3 rings (SSSR count). The number of ether oxygens (including phenoxy) is 1. The summed E-state index contributed by atoms with van der Waals surface area (Å²) >= 11 is 0. The number of fused-ring (bicyclic) bond motifs is 1. The predicted molar refractivity (Wildman–Crippen MR) is 78.9 cm³/mol. The molecule has 3 heteroatoms. The number of para-hydroxylation sites is 1. The lowest BCUT2D eigenvalue weighted by Gasteiger charge is -2.09. The summed E-state index contributed by atoms with van der Waals surface area (Å²) in [6.45, 7) is 1.74. The minimum atomic E-state index is -0.469. The topological polar surface area (TPSA) is 42.4 Å². The molecule has 1 N–H and O–H groups in total. The highest BCUT2D eigenvalue weighted by Gasteiger charge is 2.05. The molecular weight excluding hydrogens is 250 g/mol. The molecule has 0 fully saturated rings. The second-order valence-electron chi connectivity index (χ2n) is 4.68. The summed E-state index contributed by atoms with van der Waals surface area (Å²) in [5.74, 6) is 1.46. The van der Waals surface area contributed by atoms with Crippen LogP contribution >= 0.6 is 0 Å². The fourth-order valence-corrected chi connectivity index (χ4v) is 2.10. The number of pyridine rings is 1. The summed E-state index contributed by atoms with van der Waals surface area (Å²) in [7, 11) is 0. The largest absolute Gasteiger partial charge is 0.455 e. The third-order valence-corrected chi connectivity index (χ3v) is 3.19. The fourth-order valence-electron chi connectivity index (χ4n) is 2.10. The number of aromatic nitrogens is 1. The van der Waals surface area contributed by atoms with Gasteiger partial charge in [-0.1, -0.05) is 30.3 Å². The lowest BCUT2D eigenvalue weighted by atomic mass is 10.1. The maximum atomic E-state index is 9.49. The molecular formula is C17H15NO2. The van der Waals surface area contributed by atoms with Crippen LogP contribution in [0.25, 0.3) is 10.9 Å². The standard InChI is InChI=1S/C17H15NO2/c1-12(19)13-7-9-15(10-8-13)20-16-6-2-4-14-5-3-11-18-17(14)16/h2-12,19H,1H3/t12-/m0/s1. The Morgan fingerprint density at radius 1 is 1.00 bits per heavy atom. The van der Waals surface area contributed by atoms with E-state index in [0.29, 0.717) is 0 Å². The Balaban J connectivity index is 1.93. The van der Waals surface area contributed by atoms with Crippen molar-refractivity contribution in [1.29, 1.82) is 0 Å². The average molecular weight is 265 g/mol. The Labute approximate surface area is 117 Å². The van der Waals surface area contributed by atoms with E-state index in [2.05, 4.69) is 4.98 Å². The molecule has 0 aliphatic heterocycles. The van der Waals surface area contributed by atoms with Crippen molar-refractivity contribution in [3.63, 3.8) is 0 Å². The van der Waals surface area contributed by atoms with Crippen molar-refractivity contribution in [1.82, 2.24) is 4.98 Å². The van der Waals surface area contributed by atoms with Gasteiger partial charge in [0, 0.05) is 11.6 Å². The number of hydrogen-bond donors (Lipinski definition) is 1. The molecule has 0 saturated carbocycles. The van der Waals surface area contributed by atoms with Crippen molar-refractivity contribution in [3.05, 3.63) is 66.4 Å². The zero-order chi connectivity index (χ0) is 13.9. The number of rotatable bonds is 3. The SMILES string of the molecule is C[C@H](O)c1ccc(Oc2cccc3cccnc23)cc1. The van der Waals surface area contributed by atoms with E-state index in [4.69, 9.17) is 4.74 Å². The predicted octanol–water partition coefficient (Wildman–Crippen LogP) is 4.08. The number of aliphatic hydroxyl groups excluding tert-OH is 1. The Bertz CT molecular complexity index is 715. The van der Waals surface area contributed by atoms with E-state index in [-0.39, 0.29) is 0 Å². The normalized spacial score (nSPS) is 12.3. The van der Waals surface area contributed by atoms with Crippen LogP contribution in [0.15, 0.2) is 60.8 Å². The van der Waals surface area contributed by atoms with Crippen LogP contribution in [0.3, 0.4) is 0 Å². The molecule has 100 valence electrons. The summed E-state index contributed by atoms with van der Waals surface area (Å²) in [4.78, 5) is 4.36. The number of nitrogens with zero attached hydrogens (tertiary/aromatic N) is 1. The van der Waals surface area contributed by atoms with Crippen LogP contribution < -0.4 is 4.74 Å². The number of hydrogen-bond acceptors (Lipinski definition) is 3. The quantitative estimate of drug-likeness (QED) is 0.775. The fraction of sp³-hybridized carbons (Fsp3) is 0.118. The molecule has 3 aromatic rings. The number of aliphatic hydroxyl groups is 1. The van der Waals surface area contributed by atoms with Gasteiger partial charge in [0.25, 0.3) is 0 Å². The summed E-state index contributed by atoms with van der Waals surface area (Å²) in [5.41, 5.74) is 1.71.